The van der Waals surface area contributed by atoms with Gasteiger partial charge in [0, 0.05) is 28.5 Å². The number of halogens is 1. The molecular formula is C35H27ClO2. The predicted octanol–water partition coefficient (Wildman–Crippen LogP) is 9.01. The van der Waals surface area contributed by atoms with Crippen LogP contribution >= 0.6 is 11.6 Å². The fourth-order valence-corrected chi connectivity index (χ4v) is 7.24. The minimum atomic E-state index is -0.163. The quantitative estimate of drug-likeness (QED) is 0.224. The molecule has 0 aliphatic heterocycles. The second kappa shape index (κ2) is 9.22. The van der Waals surface area contributed by atoms with Crippen molar-refractivity contribution in [1.29, 1.82) is 0 Å². The Labute approximate surface area is 227 Å². The van der Waals surface area contributed by atoms with Crippen LogP contribution in [-0.4, -0.2) is 11.6 Å². The molecule has 0 N–H and O–H groups in total. The standard InChI is InChI=1S/C35H27ClO2/c36-28-14-11-22(12-15-28)26-18-27(20-32(37)25-10-9-21-5-1-2-7-24(21)17-25)33-31(19-26)34-29-8-4-3-6-23(29)13-16-30(34)35(33)38/h1-17,26-27,31,33H,18-20H2/t26-,27-,31+,33-/m0/s1. The fourth-order valence-electron chi connectivity index (χ4n) is 7.11. The van der Waals surface area contributed by atoms with Crippen LogP contribution in [-0.2, 0) is 0 Å². The predicted molar refractivity (Wildman–Crippen MR) is 154 cm³/mol. The lowest BCUT2D eigenvalue weighted by Gasteiger charge is -2.38. The normalized spacial score (nSPS) is 22.4. The maximum atomic E-state index is 13.9. The monoisotopic (exact) mass is 514 g/mol. The maximum Gasteiger partial charge on any atom is 0.167 e. The summed E-state index contributed by atoms with van der Waals surface area (Å²) in [5, 5.41) is 5.24. The van der Waals surface area contributed by atoms with E-state index in [1.165, 1.54) is 16.5 Å². The highest BCUT2D eigenvalue weighted by Gasteiger charge is 2.49. The Hall–Kier alpha value is -3.75. The molecule has 0 radical (unpaired) electrons. The van der Waals surface area contributed by atoms with Gasteiger partial charge in [-0.15, -0.1) is 0 Å². The topological polar surface area (TPSA) is 34.1 Å². The third kappa shape index (κ3) is 3.87. The molecule has 0 heterocycles. The van der Waals surface area contributed by atoms with E-state index in [0.29, 0.717) is 6.42 Å². The number of carbonyl (C=O) groups is 2. The first-order valence-electron chi connectivity index (χ1n) is 13.4. The van der Waals surface area contributed by atoms with E-state index < -0.39 is 0 Å². The van der Waals surface area contributed by atoms with Gasteiger partial charge in [-0.05, 0) is 81.5 Å². The molecule has 4 atom stereocenters. The van der Waals surface area contributed by atoms with Gasteiger partial charge < -0.3 is 0 Å². The second-order valence-corrected chi connectivity index (χ2v) is 11.4. The van der Waals surface area contributed by atoms with Gasteiger partial charge in [0.15, 0.2) is 11.6 Å². The Morgan fingerprint density at radius 3 is 2.29 bits per heavy atom. The lowest BCUT2D eigenvalue weighted by molar-refractivity contribution is 0.0767. The van der Waals surface area contributed by atoms with Gasteiger partial charge in [-0.2, -0.15) is 0 Å². The van der Waals surface area contributed by atoms with E-state index in [4.69, 9.17) is 11.6 Å². The SMILES string of the molecule is O=C(C[C@@H]1C[C@H](c2ccc(Cl)cc2)C[C@H]2c3c(ccc4ccccc34)C(=O)[C@@H]12)c1ccc2ccccc2c1. The molecule has 0 aromatic heterocycles. The first kappa shape index (κ1) is 23.4. The highest BCUT2D eigenvalue weighted by molar-refractivity contribution is 6.30. The highest BCUT2D eigenvalue weighted by atomic mass is 35.5. The van der Waals surface area contributed by atoms with E-state index in [2.05, 4.69) is 42.5 Å². The summed E-state index contributed by atoms with van der Waals surface area (Å²) < 4.78 is 0. The zero-order valence-corrected chi connectivity index (χ0v) is 21.7. The summed E-state index contributed by atoms with van der Waals surface area (Å²) in [7, 11) is 0. The van der Waals surface area contributed by atoms with Crippen LogP contribution in [0.25, 0.3) is 21.5 Å². The van der Waals surface area contributed by atoms with Gasteiger partial charge >= 0.3 is 0 Å². The second-order valence-electron chi connectivity index (χ2n) is 10.9. The average molecular weight is 515 g/mol. The molecule has 0 spiro atoms. The van der Waals surface area contributed by atoms with Gasteiger partial charge in [0.2, 0.25) is 0 Å². The van der Waals surface area contributed by atoms with Gasteiger partial charge in [0.25, 0.3) is 0 Å². The van der Waals surface area contributed by atoms with E-state index in [9.17, 15) is 9.59 Å². The first-order valence-corrected chi connectivity index (χ1v) is 13.8. The molecular weight excluding hydrogens is 488 g/mol. The molecule has 0 unspecified atom stereocenters. The number of benzene rings is 5. The molecule has 5 aromatic carbocycles. The van der Waals surface area contributed by atoms with Crippen molar-refractivity contribution < 1.29 is 9.59 Å². The number of ketones is 2. The molecule has 0 saturated heterocycles. The van der Waals surface area contributed by atoms with Crippen molar-refractivity contribution in [2.24, 2.45) is 11.8 Å². The van der Waals surface area contributed by atoms with Gasteiger partial charge in [0.1, 0.15) is 0 Å². The van der Waals surface area contributed by atoms with E-state index in [1.807, 2.05) is 60.7 Å². The zero-order valence-electron chi connectivity index (χ0n) is 20.9. The third-order valence-corrected chi connectivity index (χ3v) is 9.09. The summed E-state index contributed by atoms with van der Waals surface area (Å²) in [6.07, 6.45) is 2.10. The van der Waals surface area contributed by atoms with Gasteiger partial charge in [-0.3, -0.25) is 9.59 Å². The number of Topliss-reactive ketones (excluding diaryl/α,β-unsaturated/α-hetero) is 2. The number of hydrogen-bond donors (Lipinski definition) is 0. The lowest BCUT2D eigenvalue weighted by Crippen LogP contribution is -2.33. The van der Waals surface area contributed by atoms with Crippen molar-refractivity contribution >= 4 is 44.7 Å². The molecule has 2 nitrogen and oxygen atoms in total. The summed E-state index contributed by atoms with van der Waals surface area (Å²) in [5.74, 6) is 0.510. The van der Waals surface area contributed by atoms with Crippen molar-refractivity contribution in [2.75, 3.05) is 0 Å². The summed E-state index contributed by atoms with van der Waals surface area (Å²) in [6.45, 7) is 0. The third-order valence-electron chi connectivity index (χ3n) is 8.84. The van der Waals surface area contributed by atoms with Crippen molar-refractivity contribution in [1.82, 2.24) is 0 Å². The summed E-state index contributed by atoms with van der Waals surface area (Å²) in [4.78, 5) is 27.6. The smallest absolute Gasteiger partial charge is 0.167 e. The summed E-state index contributed by atoms with van der Waals surface area (Å²) in [6, 6.07) is 34.6. The van der Waals surface area contributed by atoms with Gasteiger partial charge in [-0.1, -0.05) is 96.5 Å². The van der Waals surface area contributed by atoms with Crippen LogP contribution < -0.4 is 0 Å². The highest BCUT2D eigenvalue weighted by Crippen LogP contribution is 2.56. The van der Waals surface area contributed by atoms with Crippen molar-refractivity contribution in [3.63, 3.8) is 0 Å². The molecule has 2 aliphatic rings. The van der Waals surface area contributed by atoms with E-state index in [1.54, 1.807) is 0 Å². The lowest BCUT2D eigenvalue weighted by atomic mass is 9.64. The Morgan fingerprint density at radius 2 is 1.47 bits per heavy atom. The molecule has 3 heteroatoms. The number of fused-ring (bicyclic) bond motifs is 6. The maximum absolute atomic E-state index is 13.9. The average Bonchev–Trinajstić information content (AvgIpc) is 3.25. The van der Waals surface area contributed by atoms with Crippen LogP contribution in [0, 0.1) is 11.8 Å². The van der Waals surface area contributed by atoms with Crippen LogP contribution in [0.4, 0.5) is 0 Å². The van der Waals surface area contributed by atoms with Crippen molar-refractivity contribution in [3.8, 4) is 0 Å². The van der Waals surface area contributed by atoms with Crippen LogP contribution in [0.2, 0.25) is 5.02 Å². The Morgan fingerprint density at radius 1 is 0.763 bits per heavy atom. The number of rotatable bonds is 4. The molecule has 0 bridgehead atoms. The van der Waals surface area contributed by atoms with Crippen molar-refractivity contribution in [3.05, 3.63) is 130 Å². The Kier molecular flexibility index (Phi) is 5.67. The van der Waals surface area contributed by atoms with E-state index in [-0.39, 0.29) is 35.2 Å². The van der Waals surface area contributed by atoms with Crippen LogP contribution in [0.5, 0.6) is 0 Å². The first-order chi connectivity index (χ1) is 18.6. The van der Waals surface area contributed by atoms with Crippen LogP contribution in [0.15, 0.2) is 103 Å². The van der Waals surface area contributed by atoms with Gasteiger partial charge in [0.05, 0.1) is 0 Å². The van der Waals surface area contributed by atoms with E-state index >= 15 is 0 Å². The molecule has 5 aromatic rings. The molecule has 2 aliphatic carbocycles. The summed E-state index contributed by atoms with van der Waals surface area (Å²) >= 11 is 6.21. The molecule has 7 rings (SSSR count). The minimum Gasteiger partial charge on any atom is -0.294 e. The largest absolute Gasteiger partial charge is 0.294 e. The molecule has 0 amide bonds. The van der Waals surface area contributed by atoms with Gasteiger partial charge in [-0.25, -0.2) is 0 Å². The Bertz CT molecular complexity index is 1720. The Balaban J connectivity index is 1.29. The molecule has 1 saturated carbocycles. The molecule has 186 valence electrons. The van der Waals surface area contributed by atoms with Crippen LogP contribution in [0.3, 0.4) is 0 Å². The molecule has 1 fully saturated rings. The summed E-state index contributed by atoms with van der Waals surface area (Å²) in [5.41, 5.74) is 3.98. The zero-order chi connectivity index (χ0) is 25.8. The van der Waals surface area contributed by atoms with Crippen LogP contribution in [0.1, 0.15) is 62.9 Å². The van der Waals surface area contributed by atoms with Crippen molar-refractivity contribution in [2.45, 2.75) is 31.1 Å². The molecule has 38 heavy (non-hydrogen) atoms. The number of carbonyl (C=O) groups excluding carboxylic acids is 2. The number of hydrogen-bond acceptors (Lipinski definition) is 2. The van der Waals surface area contributed by atoms with E-state index in [0.717, 1.165) is 45.1 Å². The fraction of sp³-hybridized carbons (Fsp3) is 0.200. The minimum absolute atomic E-state index is 0.0212.